The van der Waals surface area contributed by atoms with Gasteiger partial charge in [0.15, 0.2) is 0 Å². The van der Waals surface area contributed by atoms with Crippen molar-refractivity contribution in [1.82, 2.24) is 0 Å². The van der Waals surface area contributed by atoms with E-state index in [1.807, 2.05) is 0 Å². The van der Waals surface area contributed by atoms with Gasteiger partial charge in [-0.2, -0.15) is 13.2 Å². The Balaban J connectivity index is 1.72. The summed E-state index contributed by atoms with van der Waals surface area (Å²) in [5.74, 6) is -0.825. The van der Waals surface area contributed by atoms with Gasteiger partial charge in [-0.1, -0.05) is 6.07 Å². The molecular formula is C16H14F3NO2. The Hall–Kier alpha value is -1.85. The lowest BCUT2D eigenvalue weighted by Crippen LogP contribution is -2.32. The Bertz CT molecular complexity index is 642. The number of alkyl halides is 3. The molecule has 2 aliphatic carbocycles. The molecule has 3 aliphatic rings. The van der Waals surface area contributed by atoms with Crippen molar-refractivity contribution in [3.8, 4) is 0 Å². The fraction of sp³-hybridized carbons (Fsp3) is 0.500. The van der Waals surface area contributed by atoms with Gasteiger partial charge in [0.1, 0.15) is 0 Å². The summed E-state index contributed by atoms with van der Waals surface area (Å²) in [6.45, 7) is 0. The fourth-order valence-corrected chi connectivity index (χ4v) is 4.48. The second-order valence-electron chi connectivity index (χ2n) is 6.44. The number of halogens is 3. The van der Waals surface area contributed by atoms with Crippen molar-refractivity contribution in [2.75, 3.05) is 4.90 Å². The van der Waals surface area contributed by atoms with Gasteiger partial charge < -0.3 is 0 Å². The largest absolute Gasteiger partial charge is 0.416 e. The topological polar surface area (TPSA) is 37.4 Å². The van der Waals surface area contributed by atoms with Gasteiger partial charge in [-0.3, -0.25) is 14.5 Å². The number of rotatable bonds is 1. The molecule has 1 aliphatic heterocycles. The standard InChI is InChI=1S/C16H14F3NO2/c17-16(18,19)10-2-1-3-11(7-10)20-14(21)12-8-4-5-9(6-8)13(12)15(20)22/h1-3,7-9,12-13H,4-6H2/t8-,9-,12+,13+/m0/s1. The van der Waals surface area contributed by atoms with Crippen LogP contribution in [-0.2, 0) is 15.8 Å². The summed E-state index contributed by atoms with van der Waals surface area (Å²) in [6, 6.07) is 4.47. The maximum absolute atomic E-state index is 12.8. The maximum Gasteiger partial charge on any atom is 0.416 e. The van der Waals surface area contributed by atoms with E-state index < -0.39 is 11.7 Å². The minimum Gasteiger partial charge on any atom is -0.274 e. The molecule has 0 N–H and O–H groups in total. The summed E-state index contributed by atoms with van der Waals surface area (Å²) in [4.78, 5) is 26.1. The average Bonchev–Trinajstić information content (AvgIpc) is 3.12. The fourth-order valence-electron chi connectivity index (χ4n) is 4.48. The van der Waals surface area contributed by atoms with E-state index >= 15 is 0 Å². The average molecular weight is 309 g/mol. The lowest BCUT2D eigenvalue weighted by atomic mass is 9.81. The first-order valence-electron chi connectivity index (χ1n) is 7.43. The van der Waals surface area contributed by atoms with Crippen LogP contribution in [0.5, 0.6) is 0 Å². The number of fused-ring (bicyclic) bond motifs is 5. The molecule has 6 heteroatoms. The molecule has 4 rings (SSSR count). The van der Waals surface area contributed by atoms with Crippen LogP contribution in [0.3, 0.4) is 0 Å². The van der Waals surface area contributed by atoms with Gasteiger partial charge in [0.2, 0.25) is 11.8 Å². The van der Waals surface area contributed by atoms with Crippen LogP contribution < -0.4 is 4.90 Å². The van der Waals surface area contributed by atoms with Crippen LogP contribution in [-0.4, -0.2) is 11.8 Å². The van der Waals surface area contributed by atoms with Crippen LogP contribution in [0.4, 0.5) is 18.9 Å². The monoisotopic (exact) mass is 309 g/mol. The minimum absolute atomic E-state index is 0.0404. The molecule has 2 saturated carbocycles. The molecule has 1 saturated heterocycles. The Morgan fingerprint density at radius 1 is 1.00 bits per heavy atom. The third-order valence-corrected chi connectivity index (χ3v) is 5.36. The van der Waals surface area contributed by atoms with E-state index in [0.717, 1.165) is 36.3 Å². The highest BCUT2D eigenvalue weighted by Crippen LogP contribution is 2.56. The normalized spacial score (nSPS) is 33.7. The maximum atomic E-state index is 12.8. The number of carbonyl (C=O) groups excluding carboxylic acids is 2. The predicted octanol–water partition coefficient (Wildman–Crippen LogP) is 3.24. The molecule has 0 radical (unpaired) electrons. The molecule has 1 heterocycles. The summed E-state index contributed by atoms with van der Waals surface area (Å²) >= 11 is 0. The third-order valence-electron chi connectivity index (χ3n) is 5.36. The molecule has 22 heavy (non-hydrogen) atoms. The molecule has 0 aromatic heterocycles. The first-order chi connectivity index (χ1) is 10.4. The van der Waals surface area contributed by atoms with Crippen molar-refractivity contribution < 1.29 is 22.8 Å². The van der Waals surface area contributed by atoms with E-state index in [1.54, 1.807) is 0 Å². The van der Waals surface area contributed by atoms with Crippen molar-refractivity contribution in [3.63, 3.8) is 0 Å². The van der Waals surface area contributed by atoms with E-state index in [4.69, 9.17) is 0 Å². The zero-order valence-corrected chi connectivity index (χ0v) is 11.6. The van der Waals surface area contributed by atoms with Crippen molar-refractivity contribution >= 4 is 17.5 Å². The SMILES string of the molecule is O=C1[C@@H]2[C@H]3CC[C@@H](C3)[C@H]2C(=O)N1c1cccc(C(F)(F)F)c1. The molecule has 0 spiro atoms. The molecule has 1 aromatic rings. The van der Waals surface area contributed by atoms with Crippen LogP contribution in [0.25, 0.3) is 0 Å². The molecule has 3 fully saturated rings. The lowest BCUT2D eigenvalue weighted by molar-refractivity contribution is -0.137. The van der Waals surface area contributed by atoms with Crippen molar-refractivity contribution in [2.24, 2.45) is 23.7 Å². The Labute approximate surface area is 125 Å². The molecule has 2 amide bonds. The van der Waals surface area contributed by atoms with Crippen molar-refractivity contribution in [2.45, 2.75) is 25.4 Å². The van der Waals surface area contributed by atoms with Gasteiger partial charge in [-0.25, -0.2) is 0 Å². The summed E-state index contributed by atoms with van der Waals surface area (Å²) in [5.41, 5.74) is -0.802. The number of hydrogen-bond acceptors (Lipinski definition) is 2. The number of benzene rings is 1. The summed E-state index contributed by atoms with van der Waals surface area (Å²) in [7, 11) is 0. The van der Waals surface area contributed by atoms with Gasteiger partial charge >= 0.3 is 6.18 Å². The smallest absolute Gasteiger partial charge is 0.274 e. The number of amides is 2. The first kappa shape index (κ1) is 13.8. The Morgan fingerprint density at radius 3 is 2.14 bits per heavy atom. The Kier molecular flexibility index (Phi) is 2.72. The minimum atomic E-state index is -4.49. The van der Waals surface area contributed by atoms with Crippen LogP contribution in [0, 0.1) is 23.7 Å². The molecule has 4 atom stereocenters. The number of carbonyl (C=O) groups is 2. The highest BCUT2D eigenvalue weighted by Gasteiger charge is 2.61. The number of nitrogens with zero attached hydrogens (tertiary/aromatic N) is 1. The predicted molar refractivity (Wildman–Crippen MR) is 71.7 cm³/mol. The first-order valence-corrected chi connectivity index (χ1v) is 7.43. The van der Waals surface area contributed by atoms with E-state index in [2.05, 4.69) is 0 Å². The summed E-state index contributed by atoms with van der Waals surface area (Å²) in [6.07, 6.45) is -1.69. The van der Waals surface area contributed by atoms with Crippen LogP contribution in [0.2, 0.25) is 0 Å². The van der Waals surface area contributed by atoms with E-state index in [0.29, 0.717) is 0 Å². The van der Waals surface area contributed by atoms with Gasteiger partial charge in [-0.15, -0.1) is 0 Å². The van der Waals surface area contributed by atoms with Gasteiger partial charge in [0.05, 0.1) is 23.1 Å². The Morgan fingerprint density at radius 2 is 1.59 bits per heavy atom. The van der Waals surface area contributed by atoms with Gasteiger partial charge in [0, 0.05) is 0 Å². The van der Waals surface area contributed by atoms with E-state index in [1.165, 1.54) is 12.1 Å². The molecule has 0 unspecified atom stereocenters. The molecule has 116 valence electrons. The van der Waals surface area contributed by atoms with Crippen molar-refractivity contribution in [3.05, 3.63) is 29.8 Å². The van der Waals surface area contributed by atoms with Gasteiger partial charge in [-0.05, 0) is 49.3 Å². The zero-order valence-electron chi connectivity index (χ0n) is 11.6. The van der Waals surface area contributed by atoms with Crippen molar-refractivity contribution in [1.29, 1.82) is 0 Å². The number of hydrogen-bond donors (Lipinski definition) is 0. The second-order valence-corrected chi connectivity index (χ2v) is 6.44. The summed E-state index contributed by atoms with van der Waals surface area (Å²) in [5, 5.41) is 0. The van der Waals surface area contributed by atoms with Crippen LogP contribution >= 0.6 is 0 Å². The van der Waals surface area contributed by atoms with Gasteiger partial charge in [0.25, 0.3) is 0 Å². The van der Waals surface area contributed by atoms with Crippen LogP contribution in [0.1, 0.15) is 24.8 Å². The lowest BCUT2D eigenvalue weighted by Gasteiger charge is -2.19. The van der Waals surface area contributed by atoms with E-state index in [-0.39, 0.29) is 41.2 Å². The third kappa shape index (κ3) is 1.76. The highest BCUT2D eigenvalue weighted by molar-refractivity contribution is 6.22. The zero-order chi connectivity index (χ0) is 15.6. The summed E-state index contributed by atoms with van der Waals surface area (Å²) < 4.78 is 38.5. The number of imide groups is 1. The molecule has 1 aromatic carbocycles. The number of anilines is 1. The molecular weight excluding hydrogens is 295 g/mol. The van der Waals surface area contributed by atoms with Crippen LogP contribution in [0.15, 0.2) is 24.3 Å². The molecule has 2 bridgehead atoms. The highest BCUT2D eigenvalue weighted by atomic mass is 19.4. The van der Waals surface area contributed by atoms with E-state index in [9.17, 15) is 22.8 Å². The second kappa shape index (κ2) is 4.33. The quantitative estimate of drug-likeness (QED) is 0.747. The molecule has 3 nitrogen and oxygen atoms in total.